The molecular weight excluding hydrogens is 296 g/mol. The summed E-state index contributed by atoms with van der Waals surface area (Å²) in [6, 6.07) is 7.34. The summed E-state index contributed by atoms with van der Waals surface area (Å²) in [7, 11) is 1.63. The first-order chi connectivity index (χ1) is 11.0. The van der Waals surface area contributed by atoms with Crippen LogP contribution in [-0.2, 0) is 11.8 Å². The molecule has 1 heterocycles. The third-order valence-electron chi connectivity index (χ3n) is 3.85. The maximum Gasteiger partial charge on any atom is 0.326 e. The summed E-state index contributed by atoms with van der Waals surface area (Å²) in [5.41, 5.74) is 0.520. The van der Waals surface area contributed by atoms with Gasteiger partial charge < -0.3 is 15.0 Å². The van der Waals surface area contributed by atoms with Crippen LogP contribution in [0.2, 0.25) is 0 Å². The van der Waals surface area contributed by atoms with E-state index in [1.54, 1.807) is 31.3 Å². The highest BCUT2D eigenvalue weighted by Gasteiger charge is 2.21. The van der Waals surface area contributed by atoms with E-state index in [0.717, 1.165) is 6.42 Å². The van der Waals surface area contributed by atoms with Gasteiger partial charge in [-0.05, 0) is 12.5 Å². The molecule has 1 atom stereocenters. The van der Waals surface area contributed by atoms with Crippen molar-refractivity contribution in [3.8, 4) is 0 Å². The Hall–Kier alpha value is -2.63. The molecule has 2 rings (SSSR count). The Morgan fingerprint density at radius 3 is 2.65 bits per heavy atom. The van der Waals surface area contributed by atoms with E-state index in [2.05, 4.69) is 5.32 Å². The molecular formula is C17H20N2O4. The number of carboxylic acid groups (broad SMARTS) is 1. The zero-order valence-electron chi connectivity index (χ0n) is 13.2. The number of hydrogen-bond donors (Lipinski definition) is 2. The molecule has 1 amide bonds. The van der Waals surface area contributed by atoms with Crippen LogP contribution in [0.3, 0.4) is 0 Å². The smallest absolute Gasteiger partial charge is 0.326 e. The van der Waals surface area contributed by atoms with E-state index in [4.69, 9.17) is 0 Å². The first-order valence-corrected chi connectivity index (χ1v) is 7.58. The zero-order valence-corrected chi connectivity index (χ0v) is 13.2. The van der Waals surface area contributed by atoms with Crippen molar-refractivity contribution in [3.63, 3.8) is 0 Å². The molecule has 0 fully saturated rings. The highest BCUT2D eigenvalue weighted by atomic mass is 16.4. The molecule has 1 aromatic heterocycles. The molecule has 1 aromatic carbocycles. The van der Waals surface area contributed by atoms with E-state index in [9.17, 15) is 19.5 Å². The lowest BCUT2D eigenvalue weighted by molar-refractivity contribution is -0.139. The summed E-state index contributed by atoms with van der Waals surface area (Å²) in [5.74, 6) is -1.61. The first kappa shape index (κ1) is 16.7. The third-order valence-corrected chi connectivity index (χ3v) is 3.85. The van der Waals surface area contributed by atoms with Gasteiger partial charge in [-0.15, -0.1) is 0 Å². The predicted octanol–water partition coefficient (Wildman–Crippen LogP) is 1.91. The van der Waals surface area contributed by atoms with Crippen molar-refractivity contribution in [2.24, 2.45) is 7.05 Å². The van der Waals surface area contributed by atoms with Crippen LogP contribution in [0.25, 0.3) is 10.9 Å². The number of aromatic nitrogens is 1. The SMILES string of the molecule is CCCCC(NC(=O)c1cc(=O)n(C)c2ccccc12)C(=O)O. The maximum absolute atomic E-state index is 12.5. The second kappa shape index (κ2) is 7.09. The Labute approximate surface area is 133 Å². The molecule has 0 spiro atoms. The number of pyridine rings is 1. The monoisotopic (exact) mass is 316 g/mol. The van der Waals surface area contributed by atoms with Crippen molar-refractivity contribution in [3.05, 3.63) is 46.2 Å². The van der Waals surface area contributed by atoms with E-state index in [1.165, 1.54) is 10.6 Å². The lowest BCUT2D eigenvalue weighted by Crippen LogP contribution is -2.41. The topological polar surface area (TPSA) is 88.4 Å². The van der Waals surface area contributed by atoms with Crippen molar-refractivity contribution in [2.45, 2.75) is 32.2 Å². The minimum Gasteiger partial charge on any atom is -0.480 e. The number of nitrogens with one attached hydrogen (secondary N) is 1. The van der Waals surface area contributed by atoms with Gasteiger partial charge in [-0.1, -0.05) is 38.0 Å². The van der Waals surface area contributed by atoms with Crippen molar-refractivity contribution in [1.29, 1.82) is 0 Å². The van der Waals surface area contributed by atoms with E-state index in [-0.39, 0.29) is 11.1 Å². The summed E-state index contributed by atoms with van der Waals surface area (Å²) in [6.07, 6.45) is 1.91. The molecule has 0 bridgehead atoms. The number of rotatable bonds is 6. The summed E-state index contributed by atoms with van der Waals surface area (Å²) in [4.78, 5) is 35.8. The summed E-state index contributed by atoms with van der Waals surface area (Å²) in [6.45, 7) is 1.95. The zero-order chi connectivity index (χ0) is 17.0. The predicted molar refractivity (Wildman–Crippen MR) is 87.6 cm³/mol. The van der Waals surface area contributed by atoms with Crippen LogP contribution in [0.5, 0.6) is 0 Å². The van der Waals surface area contributed by atoms with E-state index < -0.39 is 17.9 Å². The first-order valence-electron chi connectivity index (χ1n) is 7.58. The van der Waals surface area contributed by atoms with Crippen LogP contribution in [0.4, 0.5) is 0 Å². The van der Waals surface area contributed by atoms with Crippen molar-refractivity contribution in [2.75, 3.05) is 0 Å². The molecule has 23 heavy (non-hydrogen) atoms. The Bertz CT molecular complexity index is 795. The lowest BCUT2D eigenvalue weighted by Gasteiger charge is -2.15. The molecule has 0 aliphatic rings. The molecule has 0 aliphatic carbocycles. The van der Waals surface area contributed by atoms with Crippen LogP contribution in [0.1, 0.15) is 36.5 Å². The number of aliphatic carboxylic acids is 1. The van der Waals surface area contributed by atoms with Crippen molar-refractivity contribution in [1.82, 2.24) is 9.88 Å². The van der Waals surface area contributed by atoms with E-state index in [0.29, 0.717) is 23.7 Å². The van der Waals surface area contributed by atoms with Crippen molar-refractivity contribution >= 4 is 22.8 Å². The number of unbranched alkanes of at least 4 members (excludes halogenated alkanes) is 1. The van der Waals surface area contributed by atoms with Gasteiger partial charge in [0.1, 0.15) is 6.04 Å². The van der Waals surface area contributed by atoms with Gasteiger partial charge in [0, 0.05) is 18.5 Å². The number of carbonyl (C=O) groups excluding carboxylic acids is 1. The maximum atomic E-state index is 12.5. The second-order valence-electron chi connectivity index (χ2n) is 5.48. The Balaban J connectivity index is 2.39. The van der Waals surface area contributed by atoms with Gasteiger partial charge in [0.05, 0.1) is 11.1 Å². The fourth-order valence-electron chi connectivity index (χ4n) is 2.50. The fourth-order valence-corrected chi connectivity index (χ4v) is 2.50. The van der Waals surface area contributed by atoms with Gasteiger partial charge in [0.2, 0.25) is 0 Å². The lowest BCUT2D eigenvalue weighted by atomic mass is 10.1. The number of aryl methyl sites for hydroxylation is 1. The van der Waals surface area contributed by atoms with Crippen molar-refractivity contribution < 1.29 is 14.7 Å². The number of amides is 1. The number of para-hydroxylation sites is 1. The minimum absolute atomic E-state index is 0.200. The summed E-state index contributed by atoms with van der Waals surface area (Å²) >= 11 is 0. The summed E-state index contributed by atoms with van der Waals surface area (Å²) in [5, 5.41) is 12.4. The van der Waals surface area contributed by atoms with Gasteiger partial charge in [-0.2, -0.15) is 0 Å². The number of fused-ring (bicyclic) bond motifs is 1. The minimum atomic E-state index is -1.07. The van der Waals surface area contributed by atoms with E-state index >= 15 is 0 Å². The highest BCUT2D eigenvalue weighted by molar-refractivity contribution is 6.07. The molecule has 0 aliphatic heterocycles. The standard InChI is InChI=1S/C17H20N2O4/c1-3-4-8-13(17(22)23)18-16(21)12-10-15(20)19(2)14-9-6-5-7-11(12)14/h5-7,9-10,13H,3-4,8H2,1-2H3,(H,18,21)(H,22,23). The Morgan fingerprint density at radius 2 is 2.00 bits per heavy atom. The average Bonchev–Trinajstić information content (AvgIpc) is 2.54. The van der Waals surface area contributed by atoms with E-state index in [1.807, 2.05) is 6.92 Å². The number of carboxylic acids is 1. The number of hydrogen-bond acceptors (Lipinski definition) is 3. The van der Waals surface area contributed by atoms with Crippen LogP contribution in [-0.4, -0.2) is 27.6 Å². The number of carbonyl (C=O) groups is 2. The molecule has 6 heteroatoms. The summed E-state index contributed by atoms with van der Waals surface area (Å²) < 4.78 is 1.46. The average molecular weight is 316 g/mol. The quantitative estimate of drug-likeness (QED) is 0.852. The molecule has 2 aromatic rings. The molecule has 122 valence electrons. The number of nitrogens with zero attached hydrogens (tertiary/aromatic N) is 1. The fraction of sp³-hybridized carbons (Fsp3) is 0.353. The third kappa shape index (κ3) is 3.59. The van der Waals surface area contributed by atoms with Crippen LogP contribution in [0, 0.1) is 0 Å². The highest BCUT2D eigenvalue weighted by Crippen LogP contribution is 2.16. The molecule has 2 N–H and O–H groups in total. The van der Waals surface area contributed by atoms with Gasteiger partial charge in [0.25, 0.3) is 11.5 Å². The van der Waals surface area contributed by atoms with Gasteiger partial charge in [-0.3, -0.25) is 9.59 Å². The van der Waals surface area contributed by atoms with Crippen LogP contribution < -0.4 is 10.9 Å². The largest absolute Gasteiger partial charge is 0.480 e. The van der Waals surface area contributed by atoms with Gasteiger partial charge in [0.15, 0.2) is 0 Å². The van der Waals surface area contributed by atoms with Gasteiger partial charge in [-0.25, -0.2) is 4.79 Å². The molecule has 0 saturated carbocycles. The molecule has 0 saturated heterocycles. The molecule has 1 unspecified atom stereocenters. The van der Waals surface area contributed by atoms with Gasteiger partial charge >= 0.3 is 5.97 Å². The Kier molecular flexibility index (Phi) is 5.16. The normalized spacial score (nSPS) is 12.1. The van der Waals surface area contributed by atoms with Crippen LogP contribution in [0.15, 0.2) is 35.1 Å². The number of benzene rings is 1. The Morgan fingerprint density at radius 1 is 1.30 bits per heavy atom. The van der Waals surface area contributed by atoms with Crippen LogP contribution >= 0.6 is 0 Å². The molecule has 0 radical (unpaired) electrons. The molecule has 6 nitrogen and oxygen atoms in total. The second-order valence-corrected chi connectivity index (χ2v) is 5.48.